The lowest BCUT2D eigenvalue weighted by Gasteiger charge is -2.34. The zero-order valence-electron chi connectivity index (χ0n) is 20.2. The summed E-state index contributed by atoms with van der Waals surface area (Å²) in [7, 11) is 3.44. The molecule has 33 heavy (non-hydrogen) atoms. The Labute approximate surface area is 195 Å². The quantitative estimate of drug-likeness (QED) is 0.718. The van der Waals surface area contributed by atoms with Crippen molar-refractivity contribution in [1.29, 1.82) is 0 Å². The molecule has 1 fully saturated rings. The molecule has 1 aromatic heterocycles. The molecule has 2 N–H and O–H groups in total. The number of hydrogen-bond donors (Lipinski definition) is 2. The lowest BCUT2D eigenvalue weighted by molar-refractivity contribution is -0.125. The Morgan fingerprint density at radius 3 is 2.64 bits per heavy atom. The van der Waals surface area contributed by atoms with Crippen LogP contribution in [0.15, 0.2) is 24.4 Å². The molecule has 0 unspecified atom stereocenters. The second-order valence-corrected chi connectivity index (χ2v) is 9.65. The molecule has 2 aliphatic rings. The third-order valence-corrected chi connectivity index (χ3v) is 6.82. The number of benzene rings is 1. The molecular weight excluding hydrogens is 416 g/mol. The van der Waals surface area contributed by atoms with Gasteiger partial charge in [-0.05, 0) is 56.9 Å². The Hall–Kier alpha value is -3.16. The highest BCUT2D eigenvalue weighted by Crippen LogP contribution is 2.40. The fraction of sp³-hybridized carbons (Fsp3) is 0.520. The summed E-state index contributed by atoms with van der Waals surface area (Å²) in [6, 6.07) is 5.96. The average molecular weight is 451 g/mol. The van der Waals surface area contributed by atoms with Gasteiger partial charge in [0.05, 0.1) is 11.6 Å². The van der Waals surface area contributed by atoms with E-state index in [0.717, 1.165) is 42.0 Å². The Morgan fingerprint density at radius 2 is 1.97 bits per heavy atom. The van der Waals surface area contributed by atoms with Crippen LogP contribution < -0.4 is 20.4 Å². The Kier molecular flexibility index (Phi) is 6.28. The van der Waals surface area contributed by atoms with E-state index in [1.54, 1.807) is 24.2 Å². The molecule has 1 aliphatic carbocycles. The molecule has 1 aromatic carbocycles. The normalized spacial score (nSPS) is 18.2. The molecule has 0 bridgehead atoms. The van der Waals surface area contributed by atoms with E-state index in [-0.39, 0.29) is 11.8 Å². The summed E-state index contributed by atoms with van der Waals surface area (Å²) in [5.41, 5.74) is 2.73. The van der Waals surface area contributed by atoms with Gasteiger partial charge in [0.2, 0.25) is 11.9 Å². The van der Waals surface area contributed by atoms with Gasteiger partial charge in [0.25, 0.3) is 5.91 Å². The molecular formula is C25H34N6O2. The average Bonchev–Trinajstić information content (AvgIpc) is 3.34. The standard InChI is InChI=1S/C25H34N6O2/c1-6-16-13-17(22(32)26-4)11-12-19(16)28-24-27-14-20-21(29-24)31(18-9-7-8-10-18)15-25(2,3)23(33)30(20)5/h11-14,18H,6-10,15H2,1-5H3,(H,26,32)(H,27,28,29). The number of amides is 2. The smallest absolute Gasteiger partial charge is 0.251 e. The molecule has 2 aromatic rings. The SMILES string of the molecule is CCc1cc(C(=O)NC)ccc1Nc1ncc2c(n1)N(C1CCCC1)CC(C)(C)C(=O)N2C. The van der Waals surface area contributed by atoms with Gasteiger partial charge >= 0.3 is 0 Å². The van der Waals surface area contributed by atoms with Crippen molar-refractivity contribution < 1.29 is 9.59 Å². The second-order valence-electron chi connectivity index (χ2n) is 9.65. The largest absolute Gasteiger partial charge is 0.355 e. The molecule has 176 valence electrons. The van der Waals surface area contributed by atoms with Crippen LogP contribution in [0.25, 0.3) is 0 Å². The number of carbonyl (C=O) groups is 2. The third-order valence-electron chi connectivity index (χ3n) is 6.82. The van der Waals surface area contributed by atoms with E-state index in [4.69, 9.17) is 4.98 Å². The number of nitrogens with zero attached hydrogens (tertiary/aromatic N) is 4. The van der Waals surface area contributed by atoms with E-state index >= 15 is 0 Å². The number of hydrogen-bond acceptors (Lipinski definition) is 6. The fourth-order valence-corrected chi connectivity index (χ4v) is 4.94. The first-order valence-corrected chi connectivity index (χ1v) is 11.8. The van der Waals surface area contributed by atoms with Crippen molar-refractivity contribution >= 4 is 35.0 Å². The summed E-state index contributed by atoms with van der Waals surface area (Å²) in [6.07, 6.45) is 7.14. The van der Waals surface area contributed by atoms with Crippen molar-refractivity contribution in [1.82, 2.24) is 15.3 Å². The van der Waals surface area contributed by atoms with E-state index in [1.165, 1.54) is 12.8 Å². The van der Waals surface area contributed by atoms with E-state index in [0.29, 0.717) is 24.1 Å². The Balaban J connectivity index is 1.72. The van der Waals surface area contributed by atoms with E-state index in [2.05, 4.69) is 27.4 Å². The summed E-state index contributed by atoms with van der Waals surface area (Å²) >= 11 is 0. The van der Waals surface area contributed by atoms with E-state index in [1.807, 2.05) is 33.0 Å². The van der Waals surface area contributed by atoms with Crippen LogP contribution in [0, 0.1) is 5.41 Å². The summed E-state index contributed by atoms with van der Waals surface area (Å²) in [5, 5.41) is 6.02. The van der Waals surface area contributed by atoms with Crippen LogP contribution in [0.5, 0.6) is 0 Å². The van der Waals surface area contributed by atoms with Crippen LogP contribution in [-0.2, 0) is 11.2 Å². The van der Waals surface area contributed by atoms with E-state index in [9.17, 15) is 9.59 Å². The predicted octanol–water partition coefficient (Wildman–Crippen LogP) is 3.89. The number of fused-ring (bicyclic) bond motifs is 1. The summed E-state index contributed by atoms with van der Waals surface area (Å²) in [6.45, 7) is 6.70. The van der Waals surface area contributed by atoms with Gasteiger partial charge in [0.1, 0.15) is 5.69 Å². The van der Waals surface area contributed by atoms with Crippen LogP contribution >= 0.6 is 0 Å². The molecule has 4 rings (SSSR count). The minimum Gasteiger partial charge on any atom is -0.355 e. The van der Waals surface area contributed by atoms with Crippen molar-refractivity contribution in [2.75, 3.05) is 35.8 Å². The van der Waals surface area contributed by atoms with Crippen molar-refractivity contribution in [2.24, 2.45) is 5.41 Å². The van der Waals surface area contributed by atoms with Crippen molar-refractivity contribution in [2.45, 2.75) is 58.9 Å². The summed E-state index contributed by atoms with van der Waals surface area (Å²) in [5.74, 6) is 1.26. The zero-order chi connectivity index (χ0) is 23.8. The molecule has 0 spiro atoms. The molecule has 0 atom stereocenters. The Bertz CT molecular complexity index is 1060. The number of nitrogens with one attached hydrogen (secondary N) is 2. The van der Waals surface area contributed by atoms with Gasteiger partial charge in [0, 0.05) is 37.9 Å². The lowest BCUT2D eigenvalue weighted by atomic mass is 9.91. The number of anilines is 4. The zero-order valence-corrected chi connectivity index (χ0v) is 20.2. The van der Waals surface area contributed by atoms with Gasteiger partial charge in [-0.2, -0.15) is 4.98 Å². The van der Waals surface area contributed by atoms with Gasteiger partial charge in [0.15, 0.2) is 5.82 Å². The van der Waals surface area contributed by atoms with Gasteiger partial charge in [-0.25, -0.2) is 4.98 Å². The molecule has 8 heteroatoms. The van der Waals surface area contributed by atoms with Crippen molar-refractivity contribution in [3.8, 4) is 0 Å². The monoisotopic (exact) mass is 450 g/mol. The third kappa shape index (κ3) is 4.38. The topological polar surface area (TPSA) is 90.5 Å². The minimum absolute atomic E-state index is 0.0756. The molecule has 8 nitrogen and oxygen atoms in total. The number of rotatable bonds is 5. The van der Waals surface area contributed by atoms with Gasteiger partial charge in [-0.15, -0.1) is 0 Å². The summed E-state index contributed by atoms with van der Waals surface area (Å²) in [4.78, 5) is 38.7. The number of carbonyl (C=O) groups excluding carboxylic acids is 2. The lowest BCUT2D eigenvalue weighted by Crippen LogP contribution is -2.45. The van der Waals surface area contributed by atoms with Crippen molar-refractivity contribution in [3.05, 3.63) is 35.5 Å². The number of aryl methyl sites for hydroxylation is 1. The number of aromatic nitrogens is 2. The maximum Gasteiger partial charge on any atom is 0.251 e. The first-order chi connectivity index (χ1) is 15.7. The molecule has 2 heterocycles. The van der Waals surface area contributed by atoms with Crippen LogP contribution in [-0.4, -0.2) is 48.5 Å². The van der Waals surface area contributed by atoms with Gasteiger partial charge < -0.3 is 20.4 Å². The maximum atomic E-state index is 13.2. The van der Waals surface area contributed by atoms with Gasteiger partial charge in [-0.3, -0.25) is 9.59 Å². The highest BCUT2D eigenvalue weighted by molar-refractivity contribution is 6.01. The van der Waals surface area contributed by atoms with Crippen molar-refractivity contribution in [3.63, 3.8) is 0 Å². The van der Waals surface area contributed by atoms with Gasteiger partial charge in [-0.1, -0.05) is 19.8 Å². The molecule has 0 radical (unpaired) electrons. The highest BCUT2D eigenvalue weighted by atomic mass is 16.2. The Morgan fingerprint density at radius 1 is 1.24 bits per heavy atom. The second kappa shape index (κ2) is 9.00. The van der Waals surface area contributed by atoms with E-state index < -0.39 is 5.41 Å². The highest BCUT2D eigenvalue weighted by Gasteiger charge is 2.41. The first-order valence-electron chi connectivity index (χ1n) is 11.8. The first kappa shape index (κ1) is 23.0. The maximum absolute atomic E-state index is 13.2. The van der Waals surface area contributed by atoms with Crippen LogP contribution in [0.4, 0.5) is 23.1 Å². The molecule has 2 amide bonds. The van der Waals surface area contributed by atoms with Crippen LogP contribution in [0.1, 0.15) is 62.4 Å². The van der Waals surface area contributed by atoms with Crippen LogP contribution in [0.3, 0.4) is 0 Å². The minimum atomic E-state index is -0.517. The van der Waals surface area contributed by atoms with Crippen LogP contribution in [0.2, 0.25) is 0 Å². The molecule has 1 saturated carbocycles. The summed E-state index contributed by atoms with van der Waals surface area (Å²) < 4.78 is 0. The molecule has 1 aliphatic heterocycles. The predicted molar refractivity (Wildman–Crippen MR) is 131 cm³/mol. The fourth-order valence-electron chi connectivity index (χ4n) is 4.94. The molecule has 0 saturated heterocycles.